The highest BCUT2D eigenvalue weighted by Gasteiger charge is 2.28. The topological polar surface area (TPSA) is 95.7 Å². The van der Waals surface area contributed by atoms with Gasteiger partial charge in [-0.15, -0.1) is 0 Å². The number of carbonyl (C=O) groups is 3. The van der Waals surface area contributed by atoms with Crippen molar-refractivity contribution in [2.45, 2.75) is 130 Å². The van der Waals surface area contributed by atoms with E-state index in [0.717, 1.165) is 6.42 Å². The SMILES string of the molecule is CC(C)(C)OC(=O)CCCC(=O)Oc1c(F)c(F)c(F)c(F)c1F.CCCCCCCCCCCCCC(N)=O. The largest absolute Gasteiger partial charge is 0.460 e. The average molecular weight is 582 g/mol. The summed E-state index contributed by atoms with van der Waals surface area (Å²) in [5.41, 5.74) is 4.36. The van der Waals surface area contributed by atoms with Gasteiger partial charge in [-0.3, -0.25) is 14.4 Å². The van der Waals surface area contributed by atoms with E-state index in [1.54, 1.807) is 20.8 Å². The smallest absolute Gasteiger partial charge is 0.311 e. The van der Waals surface area contributed by atoms with E-state index in [0.29, 0.717) is 6.42 Å². The quantitative estimate of drug-likeness (QED) is 0.0503. The molecule has 0 aliphatic heterocycles. The standard InChI is InChI=1S/C15H15F5O4.C14H29NO/c1-15(2,3)24-8(22)6-4-5-7(21)23-14-12(19)10(17)9(16)11(18)13(14)20;1-2-3-4-5-6-7-8-9-10-11-12-13-14(15)16/h4-6H2,1-3H3;2-13H2,1H3,(H2,15,16). The molecule has 1 aromatic rings. The second-order valence-electron chi connectivity index (χ2n) is 10.6. The van der Waals surface area contributed by atoms with Crippen LogP contribution in [-0.2, 0) is 19.1 Å². The maximum atomic E-state index is 13.3. The zero-order valence-corrected chi connectivity index (χ0v) is 24.1. The summed E-state index contributed by atoms with van der Waals surface area (Å²) >= 11 is 0. The first-order valence-electron chi connectivity index (χ1n) is 13.9. The summed E-state index contributed by atoms with van der Waals surface area (Å²) in [4.78, 5) is 33.3. The van der Waals surface area contributed by atoms with Crippen LogP contribution in [0.4, 0.5) is 22.0 Å². The summed E-state index contributed by atoms with van der Waals surface area (Å²) < 4.78 is 74.6. The van der Waals surface area contributed by atoms with Crippen LogP contribution in [0.3, 0.4) is 0 Å². The van der Waals surface area contributed by atoms with E-state index in [1.165, 1.54) is 64.2 Å². The molecule has 1 amide bonds. The van der Waals surface area contributed by atoms with Gasteiger partial charge < -0.3 is 15.2 Å². The number of ether oxygens (including phenoxy) is 2. The fraction of sp³-hybridized carbons (Fsp3) is 0.690. The van der Waals surface area contributed by atoms with Gasteiger partial charge in [-0.1, -0.05) is 71.1 Å². The molecular formula is C29H44F5NO5. The lowest BCUT2D eigenvalue weighted by atomic mass is 10.1. The van der Waals surface area contributed by atoms with Gasteiger partial charge in [-0.05, 0) is 33.6 Å². The van der Waals surface area contributed by atoms with Crippen LogP contribution in [0.5, 0.6) is 5.75 Å². The lowest BCUT2D eigenvalue weighted by molar-refractivity contribution is -0.155. The fourth-order valence-electron chi connectivity index (χ4n) is 3.57. The molecule has 40 heavy (non-hydrogen) atoms. The summed E-state index contributed by atoms with van der Waals surface area (Å²) in [6.07, 6.45) is 14.3. The number of benzene rings is 1. The lowest BCUT2D eigenvalue weighted by Gasteiger charge is -2.19. The Balaban J connectivity index is 0.000000829. The summed E-state index contributed by atoms with van der Waals surface area (Å²) in [6.45, 7) is 7.18. The molecule has 0 aromatic heterocycles. The van der Waals surface area contributed by atoms with Crippen molar-refractivity contribution < 1.29 is 45.8 Å². The molecule has 0 saturated carbocycles. The van der Waals surface area contributed by atoms with Crippen LogP contribution in [0.15, 0.2) is 0 Å². The number of unbranched alkanes of at least 4 members (excludes halogenated alkanes) is 10. The van der Waals surface area contributed by atoms with Gasteiger partial charge >= 0.3 is 11.9 Å². The second-order valence-corrected chi connectivity index (χ2v) is 10.6. The summed E-state index contributed by atoms with van der Waals surface area (Å²) in [7, 11) is 0. The van der Waals surface area contributed by atoms with Crippen LogP contribution < -0.4 is 10.5 Å². The number of hydrogen-bond acceptors (Lipinski definition) is 5. The van der Waals surface area contributed by atoms with Crippen molar-refractivity contribution in [1.29, 1.82) is 0 Å². The van der Waals surface area contributed by atoms with E-state index >= 15 is 0 Å². The van der Waals surface area contributed by atoms with Crippen LogP contribution >= 0.6 is 0 Å². The van der Waals surface area contributed by atoms with Gasteiger partial charge in [-0.2, -0.15) is 8.78 Å². The van der Waals surface area contributed by atoms with Gasteiger partial charge in [0.25, 0.3) is 0 Å². The highest BCUT2D eigenvalue weighted by atomic mass is 19.2. The molecule has 0 heterocycles. The van der Waals surface area contributed by atoms with Crippen molar-refractivity contribution in [3.63, 3.8) is 0 Å². The molecule has 0 atom stereocenters. The number of esters is 2. The summed E-state index contributed by atoms with van der Waals surface area (Å²) in [5, 5.41) is 0. The van der Waals surface area contributed by atoms with Gasteiger partial charge in [0, 0.05) is 19.3 Å². The van der Waals surface area contributed by atoms with Crippen molar-refractivity contribution in [2.24, 2.45) is 5.73 Å². The molecular weight excluding hydrogens is 537 g/mol. The van der Waals surface area contributed by atoms with Crippen molar-refractivity contribution in [1.82, 2.24) is 0 Å². The van der Waals surface area contributed by atoms with E-state index in [-0.39, 0.29) is 18.7 Å². The Kier molecular flexibility index (Phi) is 18.8. The molecule has 1 aromatic carbocycles. The molecule has 0 spiro atoms. The Morgan fingerprint density at radius 3 is 1.43 bits per heavy atom. The molecule has 0 bridgehead atoms. The fourth-order valence-corrected chi connectivity index (χ4v) is 3.57. The Bertz CT molecular complexity index is 905. The monoisotopic (exact) mass is 581 g/mol. The maximum Gasteiger partial charge on any atom is 0.311 e. The minimum absolute atomic E-state index is 0.0802. The molecule has 6 nitrogen and oxygen atoms in total. The molecule has 0 aliphatic carbocycles. The number of hydrogen-bond donors (Lipinski definition) is 1. The van der Waals surface area contributed by atoms with Crippen LogP contribution in [-0.4, -0.2) is 23.4 Å². The third kappa shape index (κ3) is 17.1. The first-order chi connectivity index (χ1) is 18.7. The molecule has 11 heteroatoms. The minimum Gasteiger partial charge on any atom is -0.460 e. The molecule has 0 unspecified atom stereocenters. The number of amides is 1. The van der Waals surface area contributed by atoms with Gasteiger partial charge in [-0.25, -0.2) is 13.2 Å². The number of rotatable bonds is 17. The van der Waals surface area contributed by atoms with Crippen molar-refractivity contribution in [3.8, 4) is 5.75 Å². The van der Waals surface area contributed by atoms with E-state index < -0.39 is 58.8 Å². The van der Waals surface area contributed by atoms with Gasteiger partial charge in [0.05, 0.1) is 0 Å². The third-order valence-corrected chi connectivity index (χ3v) is 5.59. The summed E-state index contributed by atoms with van der Waals surface area (Å²) in [6, 6.07) is 0. The molecule has 1 rings (SSSR count). The predicted octanol–water partition coefficient (Wildman–Crippen LogP) is 7.97. The summed E-state index contributed by atoms with van der Waals surface area (Å²) in [5.74, 6) is -15.0. The zero-order valence-electron chi connectivity index (χ0n) is 24.1. The van der Waals surface area contributed by atoms with E-state index in [1.807, 2.05) is 0 Å². The van der Waals surface area contributed by atoms with Gasteiger partial charge in [0.15, 0.2) is 0 Å². The lowest BCUT2D eigenvalue weighted by Crippen LogP contribution is -2.23. The van der Waals surface area contributed by atoms with Gasteiger partial charge in [0.2, 0.25) is 40.7 Å². The number of halogens is 5. The normalized spacial score (nSPS) is 11.0. The highest BCUT2D eigenvalue weighted by Crippen LogP contribution is 2.29. The predicted molar refractivity (Wildman–Crippen MR) is 142 cm³/mol. The first-order valence-corrected chi connectivity index (χ1v) is 13.9. The molecule has 0 fully saturated rings. The van der Waals surface area contributed by atoms with E-state index in [2.05, 4.69) is 11.7 Å². The molecule has 0 aliphatic rings. The van der Waals surface area contributed by atoms with Crippen LogP contribution in [0, 0.1) is 29.1 Å². The number of carbonyl (C=O) groups excluding carboxylic acids is 3. The van der Waals surface area contributed by atoms with Gasteiger partial charge in [0.1, 0.15) is 5.60 Å². The Hall–Kier alpha value is -2.72. The number of primary amides is 1. The minimum atomic E-state index is -2.35. The highest BCUT2D eigenvalue weighted by molar-refractivity contribution is 5.74. The van der Waals surface area contributed by atoms with Crippen molar-refractivity contribution >= 4 is 17.8 Å². The third-order valence-electron chi connectivity index (χ3n) is 5.59. The average Bonchev–Trinajstić information content (AvgIpc) is 2.86. The van der Waals surface area contributed by atoms with Crippen LogP contribution in [0.25, 0.3) is 0 Å². The van der Waals surface area contributed by atoms with Crippen LogP contribution in [0.1, 0.15) is 124 Å². The van der Waals surface area contributed by atoms with E-state index in [4.69, 9.17) is 10.5 Å². The molecule has 0 saturated heterocycles. The van der Waals surface area contributed by atoms with E-state index in [9.17, 15) is 36.3 Å². The maximum absolute atomic E-state index is 13.3. The molecule has 2 N–H and O–H groups in total. The van der Waals surface area contributed by atoms with Crippen molar-refractivity contribution in [3.05, 3.63) is 29.1 Å². The molecule has 0 radical (unpaired) electrons. The first kappa shape index (κ1) is 37.3. The Labute approximate surface area is 234 Å². The van der Waals surface area contributed by atoms with Crippen molar-refractivity contribution in [2.75, 3.05) is 0 Å². The molecule has 230 valence electrons. The Morgan fingerprint density at radius 2 is 1.00 bits per heavy atom. The van der Waals surface area contributed by atoms with Crippen LogP contribution in [0.2, 0.25) is 0 Å². The Morgan fingerprint density at radius 1 is 0.600 bits per heavy atom. The number of nitrogens with two attached hydrogens (primary N) is 1. The zero-order chi connectivity index (χ0) is 30.7. The second kappa shape index (κ2) is 20.2.